The maximum absolute atomic E-state index is 11.2. The SMILES string of the molecule is O=C(O)N1[C@@H]2CC[C@H]1C[C@@](O)(CN1CCOCC1)C2. The molecule has 0 saturated carbocycles. The number of hydrogen-bond donors (Lipinski definition) is 2. The Balaban J connectivity index is 1.65. The summed E-state index contributed by atoms with van der Waals surface area (Å²) in [5.74, 6) is 0. The van der Waals surface area contributed by atoms with Crippen LogP contribution < -0.4 is 0 Å². The molecule has 1 amide bonds. The number of carboxylic acid groups (broad SMARTS) is 1. The zero-order chi connectivity index (χ0) is 13.5. The van der Waals surface area contributed by atoms with Gasteiger partial charge in [-0.1, -0.05) is 0 Å². The standard InChI is InChI=1S/C13H22N2O4/c16-12(17)15-10-1-2-11(15)8-13(18,7-10)9-14-3-5-19-6-4-14/h10-11,18H,1-9H2,(H,16,17)/t10-,11+,13-. The number of piperidine rings is 1. The Kier molecular flexibility index (Phi) is 3.41. The Morgan fingerprint density at radius 1 is 1.21 bits per heavy atom. The predicted octanol–water partition coefficient (Wildman–Crippen LogP) is 0.355. The van der Waals surface area contributed by atoms with Crippen LogP contribution in [0.5, 0.6) is 0 Å². The number of morpholine rings is 1. The van der Waals surface area contributed by atoms with E-state index in [1.807, 2.05) is 0 Å². The van der Waals surface area contributed by atoms with Crippen LogP contribution in [0.15, 0.2) is 0 Å². The molecule has 2 N–H and O–H groups in total. The van der Waals surface area contributed by atoms with Crippen molar-refractivity contribution in [2.24, 2.45) is 0 Å². The first-order valence-electron chi connectivity index (χ1n) is 7.11. The average Bonchev–Trinajstić information content (AvgIpc) is 2.64. The number of fused-ring (bicyclic) bond motifs is 2. The highest BCUT2D eigenvalue weighted by Crippen LogP contribution is 2.41. The van der Waals surface area contributed by atoms with Gasteiger partial charge in [-0.3, -0.25) is 4.90 Å². The third-order valence-corrected chi connectivity index (χ3v) is 4.69. The maximum atomic E-state index is 11.2. The van der Waals surface area contributed by atoms with Crippen LogP contribution in [0.3, 0.4) is 0 Å². The van der Waals surface area contributed by atoms with Crippen LogP contribution in [0, 0.1) is 0 Å². The Morgan fingerprint density at radius 3 is 2.32 bits per heavy atom. The van der Waals surface area contributed by atoms with Gasteiger partial charge in [0.2, 0.25) is 0 Å². The summed E-state index contributed by atoms with van der Waals surface area (Å²) < 4.78 is 5.32. The lowest BCUT2D eigenvalue weighted by molar-refractivity contribution is -0.0779. The van der Waals surface area contributed by atoms with Gasteiger partial charge in [0.05, 0.1) is 18.8 Å². The number of hydrogen-bond acceptors (Lipinski definition) is 4. The Hall–Kier alpha value is -0.850. The molecule has 108 valence electrons. The molecule has 2 bridgehead atoms. The largest absolute Gasteiger partial charge is 0.465 e. The van der Waals surface area contributed by atoms with Crippen molar-refractivity contribution in [3.05, 3.63) is 0 Å². The molecule has 3 saturated heterocycles. The first-order valence-corrected chi connectivity index (χ1v) is 7.11. The summed E-state index contributed by atoms with van der Waals surface area (Å²) in [4.78, 5) is 15.0. The lowest BCUT2D eigenvalue weighted by atomic mass is 9.85. The summed E-state index contributed by atoms with van der Waals surface area (Å²) in [5.41, 5.74) is -0.727. The van der Waals surface area contributed by atoms with Crippen LogP contribution in [-0.4, -0.2) is 76.6 Å². The van der Waals surface area contributed by atoms with Gasteiger partial charge in [0.1, 0.15) is 0 Å². The molecular formula is C13H22N2O4. The molecule has 0 aromatic heterocycles. The molecule has 0 spiro atoms. The molecule has 0 aromatic carbocycles. The van der Waals surface area contributed by atoms with Gasteiger partial charge in [-0.25, -0.2) is 4.79 Å². The molecule has 3 fully saturated rings. The van der Waals surface area contributed by atoms with Crippen molar-refractivity contribution in [3.8, 4) is 0 Å². The molecule has 3 heterocycles. The summed E-state index contributed by atoms with van der Waals surface area (Å²) in [6.45, 7) is 3.83. The second-order valence-corrected chi connectivity index (χ2v) is 6.10. The Bertz CT molecular complexity index is 343. The Labute approximate surface area is 112 Å². The van der Waals surface area contributed by atoms with Crippen molar-refractivity contribution in [1.82, 2.24) is 9.80 Å². The van der Waals surface area contributed by atoms with Crippen LogP contribution in [0.1, 0.15) is 25.7 Å². The van der Waals surface area contributed by atoms with Crippen molar-refractivity contribution in [2.45, 2.75) is 43.4 Å². The van der Waals surface area contributed by atoms with Crippen molar-refractivity contribution in [3.63, 3.8) is 0 Å². The molecule has 0 unspecified atom stereocenters. The van der Waals surface area contributed by atoms with Crippen LogP contribution in [0.2, 0.25) is 0 Å². The molecule has 0 radical (unpaired) electrons. The zero-order valence-corrected chi connectivity index (χ0v) is 11.1. The minimum absolute atomic E-state index is 0.00212. The van der Waals surface area contributed by atoms with Crippen molar-refractivity contribution < 1.29 is 19.7 Å². The van der Waals surface area contributed by atoms with Gasteiger partial charge in [-0.2, -0.15) is 0 Å². The van der Waals surface area contributed by atoms with Gasteiger partial charge in [0, 0.05) is 31.7 Å². The van der Waals surface area contributed by atoms with Gasteiger partial charge in [-0.05, 0) is 25.7 Å². The fourth-order valence-corrected chi connectivity index (χ4v) is 3.94. The molecule has 3 aliphatic heterocycles. The molecule has 3 rings (SSSR count). The minimum Gasteiger partial charge on any atom is -0.465 e. The quantitative estimate of drug-likeness (QED) is 0.757. The van der Waals surface area contributed by atoms with E-state index in [1.165, 1.54) is 0 Å². The highest BCUT2D eigenvalue weighted by molar-refractivity contribution is 5.66. The van der Waals surface area contributed by atoms with E-state index >= 15 is 0 Å². The van der Waals surface area contributed by atoms with Gasteiger partial charge in [-0.15, -0.1) is 0 Å². The van der Waals surface area contributed by atoms with E-state index < -0.39 is 11.7 Å². The summed E-state index contributed by atoms with van der Waals surface area (Å²) in [5, 5.41) is 20.0. The van der Waals surface area contributed by atoms with E-state index in [2.05, 4.69) is 4.90 Å². The van der Waals surface area contributed by atoms with E-state index in [-0.39, 0.29) is 12.1 Å². The predicted molar refractivity (Wildman–Crippen MR) is 68.1 cm³/mol. The number of aliphatic hydroxyl groups is 1. The van der Waals surface area contributed by atoms with Crippen molar-refractivity contribution in [1.29, 1.82) is 0 Å². The molecule has 6 heteroatoms. The topological polar surface area (TPSA) is 73.2 Å². The molecule has 3 atom stereocenters. The van der Waals surface area contributed by atoms with Crippen LogP contribution in [-0.2, 0) is 4.74 Å². The maximum Gasteiger partial charge on any atom is 0.407 e. The van der Waals surface area contributed by atoms with E-state index in [9.17, 15) is 15.0 Å². The zero-order valence-electron chi connectivity index (χ0n) is 11.1. The van der Waals surface area contributed by atoms with Gasteiger partial charge in [0.15, 0.2) is 0 Å². The van der Waals surface area contributed by atoms with E-state index in [0.29, 0.717) is 19.4 Å². The minimum atomic E-state index is -0.832. The monoisotopic (exact) mass is 270 g/mol. The summed E-state index contributed by atoms with van der Waals surface area (Å²) in [6.07, 6.45) is 2.10. The molecule has 0 aliphatic carbocycles. The van der Waals surface area contributed by atoms with Gasteiger partial charge < -0.3 is 19.8 Å². The lowest BCUT2D eigenvalue weighted by Crippen LogP contribution is -2.57. The van der Waals surface area contributed by atoms with Crippen LogP contribution in [0.25, 0.3) is 0 Å². The van der Waals surface area contributed by atoms with Gasteiger partial charge >= 0.3 is 6.09 Å². The fourth-order valence-electron chi connectivity index (χ4n) is 3.94. The first kappa shape index (κ1) is 13.1. The summed E-state index contributed by atoms with van der Waals surface area (Å²) in [7, 11) is 0. The lowest BCUT2D eigenvalue weighted by Gasteiger charge is -2.45. The molecular weight excluding hydrogens is 248 g/mol. The third-order valence-electron chi connectivity index (χ3n) is 4.69. The fraction of sp³-hybridized carbons (Fsp3) is 0.923. The number of carbonyl (C=O) groups is 1. The average molecular weight is 270 g/mol. The van der Waals surface area contributed by atoms with Crippen LogP contribution in [0.4, 0.5) is 4.79 Å². The van der Waals surface area contributed by atoms with Crippen molar-refractivity contribution in [2.75, 3.05) is 32.8 Å². The van der Waals surface area contributed by atoms with Gasteiger partial charge in [0.25, 0.3) is 0 Å². The normalized spacial score (nSPS) is 39.5. The highest BCUT2D eigenvalue weighted by Gasteiger charge is 2.49. The highest BCUT2D eigenvalue weighted by atomic mass is 16.5. The second kappa shape index (κ2) is 4.92. The van der Waals surface area contributed by atoms with Crippen LogP contribution >= 0.6 is 0 Å². The number of β-amino-alcohol motifs (C(OH)–C–C–N with tert-alkyl or cyclic N) is 1. The number of nitrogens with zero attached hydrogens (tertiary/aromatic N) is 2. The first-order chi connectivity index (χ1) is 9.07. The second-order valence-electron chi connectivity index (χ2n) is 6.10. The Morgan fingerprint density at radius 2 is 1.79 bits per heavy atom. The molecule has 0 aromatic rings. The number of rotatable bonds is 2. The molecule has 6 nitrogen and oxygen atoms in total. The smallest absolute Gasteiger partial charge is 0.407 e. The van der Waals surface area contributed by atoms with E-state index in [0.717, 1.165) is 39.1 Å². The number of ether oxygens (including phenoxy) is 1. The summed E-state index contributed by atoms with van der Waals surface area (Å²) in [6, 6.07) is 0.00424. The van der Waals surface area contributed by atoms with E-state index in [1.54, 1.807) is 4.90 Å². The molecule has 19 heavy (non-hydrogen) atoms. The molecule has 3 aliphatic rings. The third kappa shape index (κ3) is 2.57. The van der Waals surface area contributed by atoms with Crippen molar-refractivity contribution >= 4 is 6.09 Å². The van der Waals surface area contributed by atoms with E-state index in [4.69, 9.17) is 4.74 Å². The number of amides is 1. The summed E-state index contributed by atoms with van der Waals surface area (Å²) >= 11 is 0.